The van der Waals surface area contributed by atoms with Crippen LogP contribution in [0.25, 0.3) is 0 Å². The zero-order chi connectivity index (χ0) is 25.4. The Morgan fingerprint density at radius 1 is 0.857 bits per heavy atom. The van der Waals surface area contributed by atoms with E-state index in [-0.39, 0.29) is 22.8 Å². The van der Waals surface area contributed by atoms with E-state index in [1.54, 1.807) is 42.5 Å². The van der Waals surface area contributed by atoms with Crippen molar-refractivity contribution < 1.29 is 34.1 Å². The number of rotatable bonds is 10. The fraction of sp³-hybridized carbons (Fsp3) is 0.120. The molecule has 180 valence electrons. The van der Waals surface area contributed by atoms with E-state index in [4.69, 9.17) is 9.84 Å². The second-order valence-corrected chi connectivity index (χ2v) is 8.16. The number of carboxylic acids is 2. The van der Waals surface area contributed by atoms with Crippen molar-refractivity contribution in [3.8, 4) is 5.75 Å². The van der Waals surface area contributed by atoms with Gasteiger partial charge in [-0.25, -0.2) is 9.59 Å². The van der Waals surface area contributed by atoms with Crippen LogP contribution < -0.4 is 15.4 Å². The lowest BCUT2D eigenvalue weighted by atomic mass is 10.0. The summed E-state index contributed by atoms with van der Waals surface area (Å²) in [5.41, 5.74) is 0.199. The number of aromatic carboxylic acids is 2. The van der Waals surface area contributed by atoms with Gasteiger partial charge in [-0.05, 0) is 61.5 Å². The summed E-state index contributed by atoms with van der Waals surface area (Å²) in [6.07, 6.45) is 0. The molecular weight excluding hydrogens is 472 g/mol. The molecule has 0 spiro atoms. The molecule has 3 rings (SSSR count). The molecule has 0 saturated carbocycles. The maximum Gasteiger partial charge on any atom is 0.336 e. The molecule has 0 saturated heterocycles. The van der Waals surface area contributed by atoms with Crippen molar-refractivity contribution in [2.24, 2.45) is 0 Å². The zero-order valence-electron chi connectivity index (χ0n) is 18.6. The van der Waals surface area contributed by atoms with Crippen LogP contribution in [0.15, 0.2) is 71.6 Å². The van der Waals surface area contributed by atoms with E-state index in [0.29, 0.717) is 23.7 Å². The predicted octanol–water partition coefficient (Wildman–Crippen LogP) is 4.46. The molecule has 0 aliphatic heterocycles. The normalized spacial score (nSPS) is 10.3. The summed E-state index contributed by atoms with van der Waals surface area (Å²) >= 11 is 1.30. The van der Waals surface area contributed by atoms with Gasteiger partial charge in [-0.3, -0.25) is 9.59 Å². The van der Waals surface area contributed by atoms with E-state index in [2.05, 4.69) is 10.6 Å². The highest BCUT2D eigenvalue weighted by Gasteiger charge is 2.19. The first-order valence-electron chi connectivity index (χ1n) is 10.4. The Morgan fingerprint density at radius 2 is 1.57 bits per heavy atom. The molecule has 9 nitrogen and oxygen atoms in total. The van der Waals surface area contributed by atoms with Gasteiger partial charge in [0.15, 0.2) is 0 Å². The molecular formula is C25H22N2O7S. The van der Waals surface area contributed by atoms with Crippen LogP contribution in [-0.2, 0) is 4.79 Å². The molecule has 0 atom stereocenters. The lowest BCUT2D eigenvalue weighted by Crippen LogP contribution is -2.17. The molecule has 4 N–H and O–H groups in total. The number of ether oxygens (including phenoxy) is 1. The number of thioether (sulfide) groups is 1. The SMILES string of the molecule is CCOc1ccccc1NC(=O)CSc1ccc(NC(=O)c2ccc(C(=O)O)cc2C(=O)O)cc1. The second kappa shape index (κ2) is 11.7. The molecule has 3 aromatic rings. The molecule has 35 heavy (non-hydrogen) atoms. The molecule has 3 aromatic carbocycles. The van der Waals surface area contributed by atoms with Crippen LogP contribution in [0, 0.1) is 0 Å². The minimum Gasteiger partial charge on any atom is -0.492 e. The molecule has 0 heterocycles. The van der Waals surface area contributed by atoms with Crippen molar-refractivity contribution in [3.05, 3.63) is 83.4 Å². The zero-order valence-corrected chi connectivity index (χ0v) is 19.4. The standard InChI is InChI=1S/C25H22N2O7S/c1-2-34-21-6-4-3-5-20(21)27-22(28)14-35-17-10-8-16(9-11-17)26-23(29)18-12-7-15(24(30)31)13-19(18)25(32)33/h3-13H,2,14H2,1H3,(H,26,29)(H,27,28)(H,30,31)(H,32,33). The molecule has 0 fully saturated rings. The predicted molar refractivity (Wildman–Crippen MR) is 132 cm³/mol. The second-order valence-electron chi connectivity index (χ2n) is 7.12. The number of benzene rings is 3. The largest absolute Gasteiger partial charge is 0.492 e. The summed E-state index contributed by atoms with van der Waals surface area (Å²) in [4.78, 5) is 48.3. The average molecular weight is 495 g/mol. The molecule has 0 aliphatic carbocycles. The van der Waals surface area contributed by atoms with Gasteiger partial charge in [-0.1, -0.05) is 12.1 Å². The number of hydrogen-bond donors (Lipinski definition) is 4. The van der Waals surface area contributed by atoms with Gasteiger partial charge in [0.25, 0.3) is 5.91 Å². The number of anilines is 2. The van der Waals surface area contributed by atoms with E-state index < -0.39 is 23.4 Å². The highest BCUT2D eigenvalue weighted by Crippen LogP contribution is 2.25. The summed E-state index contributed by atoms with van der Waals surface area (Å²) < 4.78 is 5.50. The number of para-hydroxylation sites is 2. The number of carbonyl (C=O) groups excluding carboxylic acids is 2. The third kappa shape index (κ3) is 6.84. The third-order valence-corrected chi connectivity index (χ3v) is 5.70. The summed E-state index contributed by atoms with van der Waals surface area (Å²) in [5, 5.41) is 23.8. The minimum atomic E-state index is -1.41. The molecule has 0 aromatic heterocycles. The van der Waals surface area contributed by atoms with Crippen molar-refractivity contribution in [3.63, 3.8) is 0 Å². The summed E-state index contributed by atoms with van der Waals surface area (Å²) in [6.45, 7) is 2.34. The smallest absolute Gasteiger partial charge is 0.336 e. The Morgan fingerprint density at radius 3 is 2.23 bits per heavy atom. The van der Waals surface area contributed by atoms with Crippen LogP contribution in [0.2, 0.25) is 0 Å². The number of hydrogen-bond acceptors (Lipinski definition) is 6. The van der Waals surface area contributed by atoms with Gasteiger partial charge in [0.1, 0.15) is 5.75 Å². The van der Waals surface area contributed by atoms with E-state index >= 15 is 0 Å². The first kappa shape index (κ1) is 25.3. The topological polar surface area (TPSA) is 142 Å². The van der Waals surface area contributed by atoms with Gasteiger partial charge in [0.05, 0.1) is 34.7 Å². The quantitative estimate of drug-likeness (QED) is 0.303. The fourth-order valence-electron chi connectivity index (χ4n) is 3.07. The first-order valence-corrected chi connectivity index (χ1v) is 11.4. The highest BCUT2D eigenvalue weighted by atomic mass is 32.2. The Bertz CT molecular complexity index is 1260. The lowest BCUT2D eigenvalue weighted by molar-refractivity contribution is -0.113. The number of carboxylic acid groups (broad SMARTS) is 2. The average Bonchev–Trinajstić information content (AvgIpc) is 2.84. The summed E-state index contributed by atoms with van der Waals surface area (Å²) in [7, 11) is 0. The molecule has 0 aliphatic rings. The van der Waals surface area contributed by atoms with Gasteiger partial charge in [0.2, 0.25) is 5.91 Å². The van der Waals surface area contributed by atoms with Crippen molar-refractivity contribution in [1.29, 1.82) is 0 Å². The summed E-state index contributed by atoms with van der Waals surface area (Å²) in [5.74, 6) is -2.84. The minimum absolute atomic E-state index is 0.157. The van der Waals surface area contributed by atoms with Crippen LogP contribution >= 0.6 is 11.8 Å². The van der Waals surface area contributed by atoms with Crippen molar-refractivity contribution in [2.45, 2.75) is 11.8 Å². The Hall–Kier alpha value is -4.31. The van der Waals surface area contributed by atoms with E-state index in [9.17, 15) is 24.3 Å². The summed E-state index contributed by atoms with van der Waals surface area (Å²) in [6, 6.07) is 17.1. The molecule has 0 bridgehead atoms. The van der Waals surface area contributed by atoms with Gasteiger partial charge < -0.3 is 25.6 Å². The van der Waals surface area contributed by atoms with E-state index in [0.717, 1.165) is 17.0 Å². The highest BCUT2D eigenvalue weighted by molar-refractivity contribution is 8.00. The molecule has 0 unspecified atom stereocenters. The van der Waals surface area contributed by atoms with Gasteiger partial charge in [-0.2, -0.15) is 0 Å². The van der Waals surface area contributed by atoms with Crippen molar-refractivity contribution in [2.75, 3.05) is 23.0 Å². The Kier molecular flexibility index (Phi) is 8.47. The van der Waals surface area contributed by atoms with Gasteiger partial charge >= 0.3 is 11.9 Å². The Balaban J connectivity index is 1.60. The number of carbonyl (C=O) groups is 4. The van der Waals surface area contributed by atoms with Gasteiger partial charge in [0, 0.05) is 10.6 Å². The van der Waals surface area contributed by atoms with Crippen LogP contribution in [0.5, 0.6) is 5.75 Å². The van der Waals surface area contributed by atoms with Crippen LogP contribution in [0.4, 0.5) is 11.4 Å². The number of nitrogens with one attached hydrogen (secondary N) is 2. The Labute approximate surface area is 205 Å². The fourth-order valence-corrected chi connectivity index (χ4v) is 3.77. The van der Waals surface area contributed by atoms with Crippen LogP contribution in [0.1, 0.15) is 38.0 Å². The third-order valence-electron chi connectivity index (χ3n) is 4.68. The number of amides is 2. The monoisotopic (exact) mass is 494 g/mol. The van der Waals surface area contributed by atoms with Gasteiger partial charge in [-0.15, -0.1) is 11.8 Å². The molecule has 10 heteroatoms. The van der Waals surface area contributed by atoms with E-state index in [1.165, 1.54) is 17.8 Å². The first-order chi connectivity index (χ1) is 16.8. The lowest BCUT2D eigenvalue weighted by Gasteiger charge is -2.11. The maximum absolute atomic E-state index is 12.6. The molecule has 2 amide bonds. The van der Waals surface area contributed by atoms with Crippen LogP contribution in [0.3, 0.4) is 0 Å². The van der Waals surface area contributed by atoms with Crippen molar-refractivity contribution in [1.82, 2.24) is 0 Å². The molecule has 0 radical (unpaired) electrons. The van der Waals surface area contributed by atoms with E-state index in [1.807, 2.05) is 13.0 Å². The van der Waals surface area contributed by atoms with Crippen LogP contribution in [-0.4, -0.2) is 46.3 Å². The van der Waals surface area contributed by atoms with Crippen molar-refractivity contribution >= 4 is 46.9 Å². The maximum atomic E-state index is 12.6.